The molecule has 0 radical (unpaired) electrons. The van der Waals surface area contributed by atoms with Gasteiger partial charge < -0.3 is 15.4 Å². The van der Waals surface area contributed by atoms with Crippen molar-refractivity contribution in [3.05, 3.63) is 24.3 Å². The highest BCUT2D eigenvalue weighted by Crippen LogP contribution is 2.21. The Hall–Kier alpha value is -1.55. The Labute approximate surface area is 109 Å². The number of benzene rings is 1. The van der Waals surface area contributed by atoms with E-state index in [-0.39, 0.29) is 5.91 Å². The number of rotatable bonds is 6. The smallest absolute Gasteiger partial charge is 0.226 e. The molecular formula is C14H22N2O2. The van der Waals surface area contributed by atoms with E-state index in [1.54, 1.807) is 11.9 Å². The normalized spacial score (nSPS) is 10.5. The second-order valence-corrected chi connectivity index (χ2v) is 4.69. The van der Waals surface area contributed by atoms with E-state index in [4.69, 9.17) is 10.5 Å². The van der Waals surface area contributed by atoms with E-state index in [0.29, 0.717) is 25.5 Å². The maximum Gasteiger partial charge on any atom is 0.226 e. The molecule has 0 aromatic heterocycles. The van der Waals surface area contributed by atoms with Crippen molar-refractivity contribution in [3.8, 4) is 5.75 Å². The Balaban J connectivity index is 2.73. The molecule has 0 aliphatic carbocycles. The second kappa shape index (κ2) is 7.01. The minimum absolute atomic E-state index is 0.112. The summed E-state index contributed by atoms with van der Waals surface area (Å²) in [6.45, 7) is 5.03. The molecule has 100 valence electrons. The summed E-state index contributed by atoms with van der Waals surface area (Å²) in [6.07, 6.45) is 0.546. The van der Waals surface area contributed by atoms with Gasteiger partial charge in [-0.3, -0.25) is 4.79 Å². The minimum Gasteiger partial charge on any atom is -0.492 e. The fourth-order valence-corrected chi connectivity index (χ4v) is 1.59. The Bertz CT molecular complexity index is 391. The first-order valence-corrected chi connectivity index (χ1v) is 6.24. The molecule has 2 N–H and O–H groups in total. The monoisotopic (exact) mass is 250 g/mol. The van der Waals surface area contributed by atoms with Gasteiger partial charge in [-0.05, 0) is 18.1 Å². The van der Waals surface area contributed by atoms with Crippen molar-refractivity contribution in [2.75, 3.05) is 25.1 Å². The number of hydrogen-bond acceptors (Lipinski definition) is 3. The van der Waals surface area contributed by atoms with Crippen LogP contribution < -0.4 is 15.4 Å². The highest BCUT2D eigenvalue weighted by molar-refractivity contribution is 5.93. The number of ether oxygens (including phenoxy) is 1. The summed E-state index contributed by atoms with van der Waals surface area (Å²) < 4.78 is 5.44. The second-order valence-electron chi connectivity index (χ2n) is 4.69. The molecule has 0 bridgehead atoms. The molecule has 0 fully saturated rings. The van der Waals surface area contributed by atoms with Crippen LogP contribution in [0.3, 0.4) is 0 Å². The molecule has 1 aromatic carbocycles. The molecule has 1 aromatic rings. The van der Waals surface area contributed by atoms with Gasteiger partial charge in [-0.25, -0.2) is 0 Å². The van der Waals surface area contributed by atoms with E-state index in [9.17, 15) is 4.79 Å². The van der Waals surface area contributed by atoms with Crippen LogP contribution in [0.1, 0.15) is 20.3 Å². The molecule has 0 aliphatic rings. The number of hydrogen-bond donors (Lipinski definition) is 1. The largest absolute Gasteiger partial charge is 0.492 e. The SMILES string of the molecule is CC(C)CC(=O)N(C)c1cccc(OCCN)c1. The summed E-state index contributed by atoms with van der Waals surface area (Å²) in [7, 11) is 1.78. The Morgan fingerprint density at radius 1 is 1.44 bits per heavy atom. The quantitative estimate of drug-likeness (QED) is 0.840. The number of carbonyl (C=O) groups is 1. The summed E-state index contributed by atoms with van der Waals surface area (Å²) in [5.41, 5.74) is 6.23. The van der Waals surface area contributed by atoms with Crippen LogP contribution in [0.2, 0.25) is 0 Å². The van der Waals surface area contributed by atoms with Crippen LogP contribution >= 0.6 is 0 Å². The fraction of sp³-hybridized carbons (Fsp3) is 0.500. The van der Waals surface area contributed by atoms with Crippen molar-refractivity contribution >= 4 is 11.6 Å². The number of carbonyl (C=O) groups excluding carboxylic acids is 1. The van der Waals surface area contributed by atoms with Crippen LogP contribution in [-0.2, 0) is 4.79 Å². The molecule has 0 aliphatic heterocycles. The fourth-order valence-electron chi connectivity index (χ4n) is 1.59. The van der Waals surface area contributed by atoms with Gasteiger partial charge in [0, 0.05) is 31.8 Å². The first kappa shape index (κ1) is 14.5. The van der Waals surface area contributed by atoms with E-state index in [1.807, 2.05) is 38.1 Å². The topological polar surface area (TPSA) is 55.6 Å². The Morgan fingerprint density at radius 2 is 2.17 bits per heavy atom. The highest BCUT2D eigenvalue weighted by atomic mass is 16.5. The van der Waals surface area contributed by atoms with E-state index in [0.717, 1.165) is 11.4 Å². The first-order chi connectivity index (χ1) is 8.54. The van der Waals surface area contributed by atoms with Gasteiger partial charge in [0.15, 0.2) is 0 Å². The Kier molecular flexibility index (Phi) is 5.65. The van der Waals surface area contributed by atoms with Gasteiger partial charge >= 0.3 is 0 Å². The summed E-state index contributed by atoms with van der Waals surface area (Å²) in [5.74, 6) is 1.21. The standard InChI is InChI=1S/C14H22N2O2/c1-11(2)9-14(17)16(3)12-5-4-6-13(10-12)18-8-7-15/h4-6,10-11H,7-9,15H2,1-3H3. The first-order valence-electron chi connectivity index (χ1n) is 6.24. The lowest BCUT2D eigenvalue weighted by Crippen LogP contribution is -2.27. The Morgan fingerprint density at radius 3 is 2.78 bits per heavy atom. The highest BCUT2D eigenvalue weighted by Gasteiger charge is 2.12. The summed E-state index contributed by atoms with van der Waals surface area (Å²) >= 11 is 0. The van der Waals surface area contributed by atoms with E-state index < -0.39 is 0 Å². The van der Waals surface area contributed by atoms with Gasteiger partial charge in [-0.15, -0.1) is 0 Å². The van der Waals surface area contributed by atoms with Gasteiger partial charge in [0.1, 0.15) is 12.4 Å². The maximum atomic E-state index is 11.9. The van der Waals surface area contributed by atoms with Gasteiger partial charge in [0.05, 0.1) is 0 Å². The minimum atomic E-state index is 0.112. The molecule has 0 atom stereocenters. The molecule has 0 saturated carbocycles. The van der Waals surface area contributed by atoms with Gasteiger partial charge in [0.25, 0.3) is 0 Å². The van der Waals surface area contributed by atoms with E-state index in [1.165, 1.54) is 0 Å². The third-order valence-electron chi connectivity index (χ3n) is 2.55. The zero-order valence-corrected chi connectivity index (χ0v) is 11.3. The van der Waals surface area contributed by atoms with Crippen molar-refractivity contribution < 1.29 is 9.53 Å². The molecule has 4 nitrogen and oxygen atoms in total. The average molecular weight is 250 g/mol. The van der Waals surface area contributed by atoms with Gasteiger partial charge in [-0.2, -0.15) is 0 Å². The van der Waals surface area contributed by atoms with E-state index >= 15 is 0 Å². The van der Waals surface area contributed by atoms with Crippen LogP contribution in [0.15, 0.2) is 24.3 Å². The third kappa shape index (κ3) is 4.37. The van der Waals surface area contributed by atoms with Crippen molar-refractivity contribution in [1.29, 1.82) is 0 Å². The van der Waals surface area contributed by atoms with Gasteiger partial charge in [-0.1, -0.05) is 19.9 Å². The van der Waals surface area contributed by atoms with Crippen LogP contribution in [0.4, 0.5) is 5.69 Å². The number of nitrogens with two attached hydrogens (primary N) is 1. The molecule has 18 heavy (non-hydrogen) atoms. The van der Waals surface area contributed by atoms with Crippen LogP contribution in [-0.4, -0.2) is 26.1 Å². The third-order valence-corrected chi connectivity index (χ3v) is 2.55. The average Bonchev–Trinajstić information content (AvgIpc) is 2.35. The molecular weight excluding hydrogens is 228 g/mol. The molecule has 4 heteroatoms. The van der Waals surface area contributed by atoms with Crippen LogP contribution in [0.25, 0.3) is 0 Å². The molecule has 1 amide bonds. The predicted molar refractivity (Wildman–Crippen MR) is 73.9 cm³/mol. The predicted octanol–water partition coefficient (Wildman–Crippen LogP) is 2.03. The molecule has 0 saturated heterocycles. The number of nitrogens with zero attached hydrogens (tertiary/aromatic N) is 1. The summed E-state index contributed by atoms with van der Waals surface area (Å²) in [5, 5.41) is 0. The van der Waals surface area contributed by atoms with Gasteiger partial charge in [0.2, 0.25) is 5.91 Å². The van der Waals surface area contributed by atoms with Crippen molar-refractivity contribution in [2.45, 2.75) is 20.3 Å². The molecule has 1 rings (SSSR count). The van der Waals surface area contributed by atoms with Crippen molar-refractivity contribution in [3.63, 3.8) is 0 Å². The lowest BCUT2D eigenvalue weighted by Gasteiger charge is -2.19. The maximum absolute atomic E-state index is 11.9. The van der Waals surface area contributed by atoms with Crippen LogP contribution in [0, 0.1) is 5.92 Å². The molecule has 0 spiro atoms. The lowest BCUT2D eigenvalue weighted by molar-refractivity contribution is -0.119. The molecule has 0 heterocycles. The lowest BCUT2D eigenvalue weighted by atomic mass is 10.1. The van der Waals surface area contributed by atoms with Crippen LogP contribution in [0.5, 0.6) is 5.75 Å². The van der Waals surface area contributed by atoms with Crippen molar-refractivity contribution in [2.24, 2.45) is 11.7 Å². The summed E-state index contributed by atoms with van der Waals surface area (Å²) in [6, 6.07) is 7.49. The number of amides is 1. The van der Waals surface area contributed by atoms with E-state index in [2.05, 4.69) is 0 Å². The summed E-state index contributed by atoms with van der Waals surface area (Å²) in [4.78, 5) is 13.6. The molecule has 0 unspecified atom stereocenters. The zero-order chi connectivity index (χ0) is 13.5. The van der Waals surface area contributed by atoms with Crippen molar-refractivity contribution in [1.82, 2.24) is 0 Å². The number of anilines is 1. The zero-order valence-electron chi connectivity index (χ0n) is 11.3.